The van der Waals surface area contributed by atoms with Crippen molar-refractivity contribution in [3.63, 3.8) is 0 Å². The highest BCUT2D eigenvalue weighted by atomic mass is 127. The second-order valence-electron chi connectivity index (χ2n) is 6.01. The van der Waals surface area contributed by atoms with E-state index >= 15 is 0 Å². The van der Waals surface area contributed by atoms with Crippen LogP contribution in [0.25, 0.3) is 0 Å². The Morgan fingerprint density at radius 2 is 1.56 bits per heavy atom. The summed E-state index contributed by atoms with van der Waals surface area (Å²) in [5.41, 5.74) is 0. The van der Waals surface area contributed by atoms with Crippen LogP contribution in [0.4, 0.5) is 0 Å². The zero-order chi connectivity index (χ0) is 13.0. The third-order valence-electron chi connectivity index (χ3n) is 4.38. The Bertz CT molecular complexity index is 269. The predicted molar refractivity (Wildman–Crippen MR) is 82.8 cm³/mol. The van der Waals surface area contributed by atoms with Gasteiger partial charge in [0.1, 0.15) is 5.78 Å². The molecule has 0 atom stereocenters. The van der Waals surface area contributed by atoms with E-state index in [0.717, 1.165) is 24.9 Å². The molecule has 2 aliphatic heterocycles. The molecule has 2 rings (SSSR count). The number of carbonyl (C=O) groups excluding carboxylic acids is 1. The Morgan fingerprint density at radius 1 is 1.06 bits per heavy atom. The van der Waals surface area contributed by atoms with Gasteiger partial charge in [-0.1, -0.05) is 0 Å². The molecule has 2 fully saturated rings. The van der Waals surface area contributed by atoms with Gasteiger partial charge in [0.15, 0.2) is 0 Å². The average molecular weight is 364 g/mol. The molecule has 3 nitrogen and oxygen atoms in total. The van der Waals surface area contributed by atoms with E-state index in [2.05, 4.69) is 30.9 Å². The Hall–Kier alpha value is 0.320. The highest BCUT2D eigenvalue weighted by Crippen LogP contribution is 2.30. The molecule has 0 spiro atoms. The molecular weight excluding hydrogens is 339 g/mol. The van der Waals surface area contributed by atoms with Gasteiger partial charge < -0.3 is 0 Å². The summed E-state index contributed by atoms with van der Waals surface area (Å²) in [7, 11) is 0. The van der Waals surface area contributed by atoms with Gasteiger partial charge >= 0.3 is 0 Å². The molecule has 104 valence electrons. The van der Waals surface area contributed by atoms with Crippen LogP contribution < -0.4 is 0 Å². The van der Waals surface area contributed by atoms with Crippen LogP contribution in [-0.2, 0) is 4.79 Å². The molecule has 18 heavy (non-hydrogen) atoms. The molecule has 0 radical (unpaired) electrons. The lowest BCUT2D eigenvalue weighted by Gasteiger charge is -2.35. The van der Waals surface area contributed by atoms with Crippen molar-refractivity contribution in [3.05, 3.63) is 0 Å². The van der Waals surface area contributed by atoms with E-state index in [-0.39, 0.29) is 0 Å². The number of hydrogen-bond donors (Lipinski definition) is 0. The van der Waals surface area contributed by atoms with Crippen LogP contribution in [0.15, 0.2) is 0 Å². The summed E-state index contributed by atoms with van der Waals surface area (Å²) in [5, 5.41) is 0. The van der Waals surface area contributed by atoms with Gasteiger partial charge in [0.25, 0.3) is 0 Å². The van der Waals surface area contributed by atoms with Crippen LogP contribution in [0.5, 0.6) is 0 Å². The molecule has 0 saturated carbocycles. The number of nitrogens with zero attached hydrogens (tertiary/aromatic N) is 2. The molecule has 0 aromatic rings. The monoisotopic (exact) mass is 364 g/mol. The normalized spacial score (nSPS) is 25.4. The molecule has 0 amide bonds. The van der Waals surface area contributed by atoms with Crippen LogP contribution >= 0.6 is 22.9 Å². The predicted octanol–water partition coefficient (Wildman–Crippen LogP) is 2.74. The summed E-state index contributed by atoms with van der Waals surface area (Å²) in [6, 6.07) is 0. The maximum atomic E-state index is 11.1. The summed E-state index contributed by atoms with van der Waals surface area (Å²) in [5.74, 6) is 2.18. The molecule has 0 aromatic heterocycles. The second kappa shape index (κ2) is 7.20. The number of carbonyl (C=O) groups is 1. The highest BCUT2D eigenvalue weighted by molar-refractivity contribution is 14.1. The van der Waals surface area contributed by atoms with Gasteiger partial charge in [-0.3, -0.25) is 9.69 Å². The van der Waals surface area contributed by atoms with Crippen molar-refractivity contribution >= 4 is 28.6 Å². The van der Waals surface area contributed by atoms with Crippen molar-refractivity contribution in [2.75, 3.05) is 32.7 Å². The lowest BCUT2D eigenvalue weighted by molar-refractivity contribution is -0.118. The molecular formula is C14H25IN2O. The first-order valence-corrected chi connectivity index (χ1v) is 8.22. The lowest BCUT2D eigenvalue weighted by atomic mass is 9.83. The summed E-state index contributed by atoms with van der Waals surface area (Å²) in [6.07, 6.45) is 6.81. The van der Waals surface area contributed by atoms with E-state index < -0.39 is 0 Å². The largest absolute Gasteiger partial charge is 0.299 e. The van der Waals surface area contributed by atoms with Crippen molar-refractivity contribution in [1.82, 2.24) is 8.01 Å². The second-order valence-corrected chi connectivity index (χ2v) is 7.38. The molecule has 4 heteroatoms. The zero-order valence-corrected chi connectivity index (χ0v) is 13.6. The first kappa shape index (κ1) is 14.7. The zero-order valence-electron chi connectivity index (χ0n) is 11.4. The molecule has 0 unspecified atom stereocenters. The maximum absolute atomic E-state index is 11.1. The number of piperidine rings is 2. The first-order valence-electron chi connectivity index (χ1n) is 7.26. The molecule has 2 saturated heterocycles. The van der Waals surface area contributed by atoms with E-state index in [0.29, 0.717) is 12.3 Å². The number of ketones is 1. The van der Waals surface area contributed by atoms with E-state index in [1.165, 1.54) is 45.2 Å². The first-order chi connectivity index (χ1) is 8.63. The summed E-state index contributed by atoms with van der Waals surface area (Å²) >= 11 is 2.45. The number of Topliss-reactive ketones (excluding diaryl/α,β-unsaturated/α-hetero) is 1. The van der Waals surface area contributed by atoms with Gasteiger partial charge in [-0.25, -0.2) is 3.11 Å². The van der Waals surface area contributed by atoms with Gasteiger partial charge in [0.2, 0.25) is 0 Å². The summed E-state index contributed by atoms with van der Waals surface area (Å²) < 4.78 is 2.42. The molecule has 0 aromatic carbocycles. The van der Waals surface area contributed by atoms with Gasteiger partial charge in [-0.05, 0) is 64.0 Å². The van der Waals surface area contributed by atoms with Crippen LogP contribution in [0.1, 0.15) is 39.0 Å². The van der Waals surface area contributed by atoms with E-state index in [4.69, 9.17) is 0 Å². The Labute approximate surface area is 125 Å². The van der Waals surface area contributed by atoms with Gasteiger partial charge in [0, 0.05) is 36.0 Å². The average Bonchev–Trinajstić information content (AvgIpc) is 2.34. The maximum Gasteiger partial charge on any atom is 0.143 e. The quantitative estimate of drug-likeness (QED) is 0.566. The van der Waals surface area contributed by atoms with E-state index in [1.54, 1.807) is 6.92 Å². The van der Waals surface area contributed by atoms with Gasteiger partial charge in [-0.15, -0.1) is 0 Å². The van der Waals surface area contributed by atoms with Crippen LogP contribution in [0.3, 0.4) is 0 Å². The Morgan fingerprint density at radius 3 is 2.06 bits per heavy atom. The van der Waals surface area contributed by atoms with Gasteiger partial charge in [-0.2, -0.15) is 0 Å². The van der Waals surface area contributed by atoms with Crippen molar-refractivity contribution < 1.29 is 4.79 Å². The van der Waals surface area contributed by atoms with Gasteiger partial charge in [0.05, 0.1) is 6.54 Å². The van der Waals surface area contributed by atoms with Crippen LogP contribution in [0, 0.1) is 11.8 Å². The van der Waals surface area contributed by atoms with Crippen molar-refractivity contribution in [2.24, 2.45) is 11.8 Å². The lowest BCUT2D eigenvalue weighted by Crippen LogP contribution is -2.37. The number of likely N-dealkylation sites (tertiary alicyclic amines) is 1. The smallest absolute Gasteiger partial charge is 0.143 e. The molecule has 0 aliphatic carbocycles. The van der Waals surface area contributed by atoms with Crippen molar-refractivity contribution in [2.45, 2.75) is 39.0 Å². The Kier molecular flexibility index (Phi) is 5.89. The fourth-order valence-electron chi connectivity index (χ4n) is 3.30. The minimum absolute atomic E-state index is 0.308. The number of halogens is 1. The van der Waals surface area contributed by atoms with E-state index in [1.807, 2.05) is 0 Å². The van der Waals surface area contributed by atoms with E-state index in [9.17, 15) is 4.79 Å². The molecule has 0 bridgehead atoms. The topological polar surface area (TPSA) is 23.6 Å². The molecule has 2 aliphatic rings. The molecule has 2 heterocycles. The van der Waals surface area contributed by atoms with Crippen molar-refractivity contribution in [1.29, 1.82) is 0 Å². The summed E-state index contributed by atoms with van der Waals surface area (Å²) in [6.45, 7) is 7.18. The van der Waals surface area contributed by atoms with Crippen LogP contribution in [0.2, 0.25) is 0 Å². The fourth-order valence-corrected chi connectivity index (χ4v) is 3.86. The molecule has 0 N–H and O–H groups in total. The fraction of sp³-hybridized carbons (Fsp3) is 0.929. The third-order valence-corrected chi connectivity index (χ3v) is 5.34. The standard InChI is InChI=1S/C14H25IN2O/c1-12(18)11-16-6-2-13(3-7-16)10-14-4-8-17(15)9-5-14/h13-14H,2-11H2,1H3. The van der Waals surface area contributed by atoms with Crippen molar-refractivity contribution in [3.8, 4) is 0 Å². The Balaban J connectivity index is 1.65. The number of rotatable bonds is 4. The third kappa shape index (κ3) is 4.78. The summed E-state index contributed by atoms with van der Waals surface area (Å²) in [4.78, 5) is 13.4. The minimum atomic E-state index is 0.308. The van der Waals surface area contributed by atoms with Crippen LogP contribution in [-0.4, -0.2) is 46.5 Å². The highest BCUT2D eigenvalue weighted by Gasteiger charge is 2.25. The SMILES string of the molecule is CC(=O)CN1CCC(CC2CCN(I)CC2)CC1. The minimum Gasteiger partial charge on any atom is -0.299 e. The number of hydrogen-bond acceptors (Lipinski definition) is 3.